The van der Waals surface area contributed by atoms with Gasteiger partial charge in [0.25, 0.3) is 10.2 Å². The molecule has 0 saturated carbocycles. The zero-order chi connectivity index (χ0) is 11.5. The molecule has 1 fully saturated rings. The van der Waals surface area contributed by atoms with Crippen LogP contribution >= 0.6 is 0 Å². The highest BCUT2D eigenvalue weighted by Gasteiger charge is 2.31. The summed E-state index contributed by atoms with van der Waals surface area (Å²) in [6.07, 6.45) is 1.04. The first-order valence-electron chi connectivity index (χ1n) is 5.28. The van der Waals surface area contributed by atoms with E-state index in [1.807, 2.05) is 6.92 Å². The number of hydrogen-bond acceptors (Lipinski definition) is 3. The SMILES string of the molecule is CCNS(=O)(=O)N1CCC(=O)C(CC)C1. The number of carbonyl (C=O) groups is 1. The standard InChI is InChI=1S/C9H18N2O3S/c1-3-8-7-11(6-5-9(8)12)15(13,14)10-4-2/h8,10H,3-7H2,1-2H3. The second kappa shape index (κ2) is 5.05. The largest absolute Gasteiger partial charge is 0.299 e. The second-order valence-corrected chi connectivity index (χ2v) is 5.44. The summed E-state index contributed by atoms with van der Waals surface area (Å²) in [6.45, 7) is 4.66. The summed E-state index contributed by atoms with van der Waals surface area (Å²) in [4.78, 5) is 11.4. The Hall–Kier alpha value is -0.460. The van der Waals surface area contributed by atoms with Gasteiger partial charge in [0.2, 0.25) is 0 Å². The van der Waals surface area contributed by atoms with Gasteiger partial charge >= 0.3 is 0 Å². The molecule has 0 aromatic rings. The van der Waals surface area contributed by atoms with Crippen molar-refractivity contribution in [2.75, 3.05) is 19.6 Å². The number of piperidine rings is 1. The van der Waals surface area contributed by atoms with E-state index in [1.165, 1.54) is 4.31 Å². The highest BCUT2D eigenvalue weighted by atomic mass is 32.2. The minimum Gasteiger partial charge on any atom is -0.299 e. The van der Waals surface area contributed by atoms with Crippen molar-refractivity contribution < 1.29 is 13.2 Å². The van der Waals surface area contributed by atoms with Gasteiger partial charge < -0.3 is 0 Å². The molecule has 6 heteroatoms. The van der Waals surface area contributed by atoms with Gasteiger partial charge in [-0.2, -0.15) is 12.7 Å². The van der Waals surface area contributed by atoms with E-state index in [1.54, 1.807) is 6.92 Å². The minimum atomic E-state index is -3.37. The highest BCUT2D eigenvalue weighted by Crippen LogP contribution is 2.17. The number of nitrogens with zero attached hydrogens (tertiary/aromatic N) is 1. The van der Waals surface area contributed by atoms with E-state index in [-0.39, 0.29) is 11.7 Å². The van der Waals surface area contributed by atoms with Crippen LogP contribution in [0.1, 0.15) is 26.7 Å². The molecule has 0 amide bonds. The zero-order valence-corrected chi connectivity index (χ0v) is 10.0. The molecule has 1 unspecified atom stereocenters. The van der Waals surface area contributed by atoms with Crippen molar-refractivity contribution >= 4 is 16.0 Å². The first-order valence-corrected chi connectivity index (χ1v) is 6.72. The lowest BCUT2D eigenvalue weighted by atomic mass is 9.96. The Balaban J connectivity index is 2.70. The smallest absolute Gasteiger partial charge is 0.279 e. The molecule has 1 atom stereocenters. The number of hydrogen-bond donors (Lipinski definition) is 1. The number of ketones is 1. The fourth-order valence-electron chi connectivity index (χ4n) is 1.73. The van der Waals surface area contributed by atoms with Crippen LogP contribution in [-0.4, -0.2) is 38.1 Å². The molecule has 1 rings (SSSR count). The van der Waals surface area contributed by atoms with Crippen molar-refractivity contribution in [3.8, 4) is 0 Å². The van der Waals surface area contributed by atoms with Crippen LogP contribution in [0.4, 0.5) is 0 Å². The van der Waals surface area contributed by atoms with Gasteiger partial charge in [-0.25, -0.2) is 4.72 Å². The quantitative estimate of drug-likeness (QED) is 0.752. The zero-order valence-electron chi connectivity index (χ0n) is 9.19. The van der Waals surface area contributed by atoms with Gasteiger partial charge in [0.15, 0.2) is 0 Å². The van der Waals surface area contributed by atoms with Crippen LogP contribution in [0.15, 0.2) is 0 Å². The van der Waals surface area contributed by atoms with E-state index in [4.69, 9.17) is 0 Å². The van der Waals surface area contributed by atoms with Crippen molar-refractivity contribution in [1.82, 2.24) is 9.03 Å². The van der Waals surface area contributed by atoms with Gasteiger partial charge in [-0.1, -0.05) is 13.8 Å². The molecule has 0 aromatic carbocycles. The molecular formula is C9H18N2O3S. The van der Waals surface area contributed by atoms with Crippen molar-refractivity contribution in [2.24, 2.45) is 5.92 Å². The summed E-state index contributed by atoms with van der Waals surface area (Å²) in [7, 11) is -3.37. The number of carbonyl (C=O) groups excluding carboxylic acids is 1. The van der Waals surface area contributed by atoms with E-state index in [0.29, 0.717) is 32.5 Å². The first-order chi connectivity index (χ1) is 7.01. The average molecular weight is 234 g/mol. The second-order valence-electron chi connectivity index (χ2n) is 3.68. The van der Waals surface area contributed by atoms with Crippen molar-refractivity contribution in [3.05, 3.63) is 0 Å². The molecule has 15 heavy (non-hydrogen) atoms. The predicted molar refractivity (Wildman–Crippen MR) is 57.6 cm³/mol. The average Bonchev–Trinajstić information content (AvgIpc) is 2.18. The Morgan fingerprint density at radius 2 is 2.13 bits per heavy atom. The maximum atomic E-state index is 11.7. The number of nitrogens with one attached hydrogen (secondary N) is 1. The van der Waals surface area contributed by atoms with E-state index >= 15 is 0 Å². The van der Waals surface area contributed by atoms with Crippen LogP contribution < -0.4 is 4.72 Å². The van der Waals surface area contributed by atoms with E-state index < -0.39 is 10.2 Å². The third-order valence-electron chi connectivity index (χ3n) is 2.65. The fourth-order valence-corrected chi connectivity index (χ4v) is 2.98. The molecule has 1 heterocycles. The van der Waals surface area contributed by atoms with Crippen LogP contribution in [0.25, 0.3) is 0 Å². The Morgan fingerprint density at radius 1 is 1.47 bits per heavy atom. The highest BCUT2D eigenvalue weighted by molar-refractivity contribution is 7.87. The Kier molecular flexibility index (Phi) is 4.24. The normalized spacial score (nSPS) is 24.4. The Labute approximate surface area is 91.0 Å². The fraction of sp³-hybridized carbons (Fsp3) is 0.889. The van der Waals surface area contributed by atoms with Gasteiger partial charge in [-0.15, -0.1) is 0 Å². The minimum absolute atomic E-state index is 0.132. The van der Waals surface area contributed by atoms with Crippen molar-refractivity contribution in [1.29, 1.82) is 0 Å². The van der Waals surface area contributed by atoms with Crippen LogP contribution in [0.3, 0.4) is 0 Å². The monoisotopic (exact) mass is 234 g/mol. The van der Waals surface area contributed by atoms with Gasteiger partial charge in [-0.05, 0) is 6.42 Å². The molecule has 1 aliphatic rings. The summed E-state index contributed by atoms with van der Waals surface area (Å²) in [5.74, 6) is 0.0487. The molecule has 5 nitrogen and oxygen atoms in total. The number of rotatable bonds is 4. The molecule has 1 aliphatic heterocycles. The van der Waals surface area contributed by atoms with Gasteiger partial charge in [-0.3, -0.25) is 4.79 Å². The molecule has 88 valence electrons. The van der Waals surface area contributed by atoms with Crippen LogP contribution in [0.2, 0.25) is 0 Å². The lowest BCUT2D eigenvalue weighted by Crippen LogP contribution is -2.48. The molecule has 1 saturated heterocycles. The third kappa shape index (κ3) is 2.99. The van der Waals surface area contributed by atoms with Gasteiger partial charge in [0, 0.05) is 32.0 Å². The lowest BCUT2D eigenvalue weighted by molar-refractivity contribution is -0.125. The molecule has 1 N–H and O–H groups in total. The summed E-state index contributed by atoms with van der Waals surface area (Å²) < 4.78 is 27.1. The van der Waals surface area contributed by atoms with Gasteiger partial charge in [0.05, 0.1) is 0 Å². The first kappa shape index (κ1) is 12.6. The molecule has 0 aliphatic carbocycles. The number of Topliss-reactive ketones (excluding diaryl/α,β-unsaturated/α-hetero) is 1. The predicted octanol–water partition coefficient (Wildman–Crippen LogP) is 0.142. The van der Waals surface area contributed by atoms with E-state index in [9.17, 15) is 13.2 Å². The summed E-state index contributed by atoms with van der Waals surface area (Å²) in [5, 5.41) is 0. The Bertz CT molecular complexity index is 326. The molecule has 0 spiro atoms. The van der Waals surface area contributed by atoms with Gasteiger partial charge in [0.1, 0.15) is 5.78 Å². The summed E-state index contributed by atoms with van der Waals surface area (Å²) in [5.41, 5.74) is 0. The molecular weight excluding hydrogens is 216 g/mol. The molecule has 0 radical (unpaired) electrons. The van der Waals surface area contributed by atoms with E-state index in [0.717, 1.165) is 0 Å². The van der Waals surface area contributed by atoms with Crippen LogP contribution in [-0.2, 0) is 15.0 Å². The lowest BCUT2D eigenvalue weighted by Gasteiger charge is -2.30. The molecule has 0 aromatic heterocycles. The maximum absolute atomic E-state index is 11.7. The van der Waals surface area contributed by atoms with E-state index in [2.05, 4.69) is 4.72 Å². The molecule has 0 bridgehead atoms. The van der Waals surface area contributed by atoms with Crippen LogP contribution in [0, 0.1) is 5.92 Å². The maximum Gasteiger partial charge on any atom is 0.279 e. The topological polar surface area (TPSA) is 66.5 Å². The Morgan fingerprint density at radius 3 is 2.67 bits per heavy atom. The summed E-state index contributed by atoms with van der Waals surface area (Å²) in [6, 6.07) is 0. The summed E-state index contributed by atoms with van der Waals surface area (Å²) >= 11 is 0. The van der Waals surface area contributed by atoms with Crippen LogP contribution in [0.5, 0.6) is 0 Å². The van der Waals surface area contributed by atoms with Crippen molar-refractivity contribution in [2.45, 2.75) is 26.7 Å². The van der Waals surface area contributed by atoms with Crippen molar-refractivity contribution in [3.63, 3.8) is 0 Å². The third-order valence-corrected chi connectivity index (χ3v) is 4.31.